The van der Waals surface area contributed by atoms with Gasteiger partial charge < -0.3 is 5.11 Å². The second-order valence-electron chi connectivity index (χ2n) is 4.33. The van der Waals surface area contributed by atoms with Crippen LogP contribution in [0.15, 0.2) is 48.5 Å². The van der Waals surface area contributed by atoms with E-state index in [-0.39, 0.29) is 0 Å². The number of rotatable bonds is 1. The van der Waals surface area contributed by atoms with Gasteiger partial charge in [-0.2, -0.15) is 0 Å². The van der Waals surface area contributed by atoms with E-state index in [9.17, 15) is 5.11 Å². The van der Waals surface area contributed by atoms with E-state index in [2.05, 4.69) is 30.4 Å². The van der Waals surface area contributed by atoms with Gasteiger partial charge in [0.1, 0.15) is 5.75 Å². The summed E-state index contributed by atoms with van der Waals surface area (Å²) in [4.78, 5) is 0. The normalized spacial score (nSPS) is 13.4. The van der Waals surface area contributed by atoms with Crippen LogP contribution in [0.3, 0.4) is 0 Å². The van der Waals surface area contributed by atoms with Gasteiger partial charge in [-0.25, -0.2) is 0 Å². The number of para-hydroxylation sites is 1. The van der Waals surface area contributed by atoms with Crippen molar-refractivity contribution in [1.82, 2.24) is 0 Å². The van der Waals surface area contributed by atoms with E-state index in [4.69, 9.17) is 0 Å². The minimum atomic E-state index is 0.357. The average molecular weight is 222 g/mol. The van der Waals surface area contributed by atoms with Crippen LogP contribution in [0.25, 0.3) is 17.2 Å². The van der Waals surface area contributed by atoms with Crippen LogP contribution in [-0.4, -0.2) is 5.11 Å². The van der Waals surface area contributed by atoms with Gasteiger partial charge in [-0.05, 0) is 35.6 Å². The number of hydrogen-bond acceptors (Lipinski definition) is 1. The molecule has 84 valence electrons. The van der Waals surface area contributed by atoms with Crippen LogP contribution in [0.1, 0.15) is 17.5 Å². The Balaban J connectivity index is 2.22. The summed E-state index contributed by atoms with van der Waals surface area (Å²) < 4.78 is 0. The summed E-state index contributed by atoms with van der Waals surface area (Å²) in [6.45, 7) is 0. The molecule has 0 spiro atoms. The molecule has 1 aliphatic rings. The number of aromatic hydroxyl groups is 1. The second-order valence-corrected chi connectivity index (χ2v) is 4.33. The fourth-order valence-corrected chi connectivity index (χ4v) is 2.43. The van der Waals surface area contributed by atoms with Crippen molar-refractivity contribution >= 4 is 6.08 Å². The van der Waals surface area contributed by atoms with Gasteiger partial charge in [0, 0.05) is 5.56 Å². The van der Waals surface area contributed by atoms with Crippen LogP contribution in [-0.2, 0) is 6.42 Å². The number of hydrogen-bond donors (Lipinski definition) is 1. The van der Waals surface area contributed by atoms with E-state index in [1.165, 1.54) is 11.1 Å². The van der Waals surface area contributed by atoms with Gasteiger partial charge in [0.25, 0.3) is 0 Å². The van der Waals surface area contributed by atoms with E-state index in [1.54, 1.807) is 6.07 Å². The highest BCUT2D eigenvalue weighted by atomic mass is 16.3. The lowest BCUT2D eigenvalue weighted by atomic mass is 9.89. The topological polar surface area (TPSA) is 20.2 Å². The molecule has 0 atom stereocenters. The lowest BCUT2D eigenvalue weighted by Gasteiger charge is -2.16. The zero-order chi connectivity index (χ0) is 11.7. The van der Waals surface area contributed by atoms with E-state index < -0.39 is 0 Å². The third-order valence-electron chi connectivity index (χ3n) is 3.26. The lowest BCUT2D eigenvalue weighted by molar-refractivity contribution is 0.477. The zero-order valence-corrected chi connectivity index (χ0v) is 9.56. The van der Waals surface area contributed by atoms with Crippen LogP contribution in [0.4, 0.5) is 0 Å². The molecule has 0 saturated carbocycles. The summed E-state index contributed by atoms with van der Waals surface area (Å²) in [6, 6.07) is 13.8. The zero-order valence-electron chi connectivity index (χ0n) is 9.56. The molecule has 1 heteroatoms. The minimum Gasteiger partial charge on any atom is -0.507 e. The molecule has 0 heterocycles. The van der Waals surface area contributed by atoms with Crippen molar-refractivity contribution in [3.63, 3.8) is 0 Å². The smallest absolute Gasteiger partial charge is 0.123 e. The monoisotopic (exact) mass is 222 g/mol. The predicted molar refractivity (Wildman–Crippen MR) is 70.9 cm³/mol. The number of fused-ring (bicyclic) bond motifs is 1. The van der Waals surface area contributed by atoms with E-state index >= 15 is 0 Å². The Hall–Kier alpha value is -2.02. The highest BCUT2D eigenvalue weighted by Crippen LogP contribution is 2.35. The van der Waals surface area contributed by atoms with Gasteiger partial charge in [0.15, 0.2) is 0 Å². The van der Waals surface area contributed by atoms with Crippen LogP contribution >= 0.6 is 0 Å². The van der Waals surface area contributed by atoms with Crippen molar-refractivity contribution in [2.24, 2.45) is 0 Å². The lowest BCUT2D eigenvalue weighted by Crippen LogP contribution is -1.97. The highest BCUT2D eigenvalue weighted by molar-refractivity contribution is 5.77. The first-order valence-electron chi connectivity index (χ1n) is 5.93. The number of phenolic OH excluding ortho intramolecular Hbond substituents is 1. The van der Waals surface area contributed by atoms with Gasteiger partial charge in [-0.15, -0.1) is 0 Å². The maximum Gasteiger partial charge on any atom is 0.123 e. The minimum absolute atomic E-state index is 0.357. The molecule has 0 aromatic heterocycles. The molecule has 3 rings (SSSR count). The van der Waals surface area contributed by atoms with Crippen molar-refractivity contribution < 1.29 is 5.11 Å². The number of benzene rings is 2. The van der Waals surface area contributed by atoms with Crippen LogP contribution in [0, 0.1) is 0 Å². The predicted octanol–water partition coefficient (Wildman–Crippen LogP) is 4.02. The molecular formula is C16H14O. The molecule has 0 unspecified atom stereocenters. The summed E-state index contributed by atoms with van der Waals surface area (Å²) in [5, 5.41) is 9.95. The molecule has 0 bridgehead atoms. The van der Waals surface area contributed by atoms with Crippen LogP contribution in [0.5, 0.6) is 5.75 Å². The molecule has 2 aromatic rings. The molecule has 1 nitrogen and oxygen atoms in total. The Bertz CT molecular complexity index is 582. The molecule has 2 aromatic carbocycles. The fourth-order valence-electron chi connectivity index (χ4n) is 2.43. The van der Waals surface area contributed by atoms with Gasteiger partial charge in [-0.3, -0.25) is 0 Å². The molecule has 0 fully saturated rings. The number of phenols is 1. The number of allylic oxidation sites excluding steroid dienone is 1. The molecule has 17 heavy (non-hydrogen) atoms. The van der Waals surface area contributed by atoms with Gasteiger partial charge in [0.05, 0.1) is 0 Å². The van der Waals surface area contributed by atoms with Crippen LogP contribution < -0.4 is 0 Å². The summed E-state index contributed by atoms with van der Waals surface area (Å²) in [5.74, 6) is 0.357. The van der Waals surface area contributed by atoms with Gasteiger partial charge >= 0.3 is 0 Å². The van der Waals surface area contributed by atoms with E-state index in [1.807, 2.05) is 18.2 Å². The standard InChI is InChI=1S/C16H14O/c17-16-11-4-3-9-15(16)14-10-5-7-12-6-1-2-8-13(12)14/h1,3-7,9-11,17H,2,8H2. The molecular weight excluding hydrogens is 208 g/mol. The maximum atomic E-state index is 9.95. The van der Waals surface area contributed by atoms with Crippen molar-refractivity contribution in [3.8, 4) is 16.9 Å². The van der Waals surface area contributed by atoms with Gasteiger partial charge in [0.2, 0.25) is 0 Å². The molecule has 0 radical (unpaired) electrons. The van der Waals surface area contributed by atoms with E-state index in [0.29, 0.717) is 5.75 Å². The largest absolute Gasteiger partial charge is 0.507 e. The van der Waals surface area contributed by atoms with Crippen molar-refractivity contribution in [3.05, 3.63) is 59.7 Å². The molecule has 1 aliphatic carbocycles. The SMILES string of the molecule is Oc1ccccc1-c1cccc2c1CCC=C2. The summed E-state index contributed by atoms with van der Waals surface area (Å²) in [6.07, 6.45) is 6.51. The van der Waals surface area contributed by atoms with Crippen LogP contribution in [0.2, 0.25) is 0 Å². The Morgan fingerprint density at radius 3 is 2.59 bits per heavy atom. The molecule has 0 amide bonds. The Morgan fingerprint density at radius 2 is 1.71 bits per heavy atom. The van der Waals surface area contributed by atoms with E-state index in [0.717, 1.165) is 24.0 Å². The average Bonchev–Trinajstić information content (AvgIpc) is 2.39. The molecule has 0 saturated heterocycles. The third-order valence-corrected chi connectivity index (χ3v) is 3.26. The molecule has 0 aliphatic heterocycles. The summed E-state index contributed by atoms with van der Waals surface area (Å²) in [5.41, 5.74) is 4.71. The van der Waals surface area contributed by atoms with Crippen molar-refractivity contribution in [2.45, 2.75) is 12.8 Å². The quantitative estimate of drug-likeness (QED) is 0.772. The summed E-state index contributed by atoms with van der Waals surface area (Å²) in [7, 11) is 0. The fraction of sp³-hybridized carbons (Fsp3) is 0.125. The second kappa shape index (κ2) is 4.10. The molecule has 1 N–H and O–H groups in total. The van der Waals surface area contributed by atoms with Crippen molar-refractivity contribution in [2.75, 3.05) is 0 Å². The Morgan fingerprint density at radius 1 is 0.882 bits per heavy atom. The van der Waals surface area contributed by atoms with Gasteiger partial charge in [-0.1, -0.05) is 48.6 Å². The Labute approximate surface area is 101 Å². The van der Waals surface area contributed by atoms with Crippen molar-refractivity contribution in [1.29, 1.82) is 0 Å². The first-order chi connectivity index (χ1) is 8.36. The first kappa shape index (κ1) is 10.2. The third kappa shape index (κ3) is 1.74. The Kier molecular flexibility index (Phi) is 2.45. The maximum absolute atomic E-state index is 9.95. The first-order valence-corrected chi connectivity index (χ1v) is 5.93. The highest BCUT2D eigenvalue weighted by Gasteiger charge is 2.12. The summed E-state index contributed by atoms with van der Waals surface area (Å²) >= 11 is 0.